The van der Waals surface area contributed by atoms with Crippen molar-refractivity contribution < 1.29 is 21.3 Å². The molecule has 3 rings (SSSR count). The third kappa shape index (κ3) is 5.64. The van der Waals surface area contributed by atoms with Crippen molar-refractivity contribution in [1.29, 1.82) is 0 Å². The van der Waals surface area contributed by atoms with Crippen LogP contribution in [0.25, 0.3) is 0 Å². The van der Waals surface area contributed by atoms with Crippen LogP contribution in [0, 0.1) is 6.92 Å². The third-order valence-electron chi connectivity index (χ3n) is 2.79. The predicted molar refractivity (Wildman–Crippen MR) is 95.3 cm³/mol. The summed E-state index contributed by atoms with van der Waals surface area (Å²) < 4.78 is 14.2. The molecule has 0 aliphatic heterocycles. The second-order valence-corrected chi connectivity index (χ2v) is 7.61. The Morgan fingerprint density at radius 2 is 1.55 bits per heavy atom. The van der Waals surface area contributed by atoms with Crippen molar-refractivity contribution in [1.82, 2.24) is 0 Å². The molecule has 0 fully saturated rings. The molecule has 0 saturated carbocycles. The molecule has 0 heterocycles. The number of benzene rings is 1. The maximum absolute atomic E-state index is 11.9. The standard InChI is InChI=1S/C12H11OS.C5H3Br2.Fe/c1-10-6-8-12(9-7-10)14(13)11-4-2-3-5-11;6-4-2-1-3-5(4)7;/h2-9H,1H3;1-3H;/q2*-1;+2. The molecule has 1 unspecified atom stereocenters. The van der Waals surface area contributed by atoms with Crippen molar-refractivity contribution in [2.75, 3.05) is 0 Å². The number of rotatable bonds is 2. The minimum atomic E-state index is -1.02. The molecule has 0 aromatic heterocycles. The summed E-state index contributed by atoms with van der Waals surface area (Å²) in [6.45, 7) is 2.02. The monoisotopic (exact) mass is 480 g/mol. The van der Waals surface area contributed by atoms with Crippen LogP contribution in [0.3, 0.4) is 0 Å². The summed E-state index contributed by atoms with van der Waals surface area (Å²) in [6.07, 6.45) is 0. The largest absolute Gasteiger partial charge is 2.00 e. The van der Waals surface area contributed by atoms with E-state index < -0.39 is 10.8 Å². The van der Waals surface area contributed by atoms with Gasteiger partial charge in [-0.2, -0.15) is 24.3 Å². The fraction of sp³-hybridized carbons (Fsp3) is 0.0588. The van der Waals surface area contributed by atoms with Gasteiger partial charge in [0.2, 0.25) is 0 Å². The van der Waals surface area contributed by atoms with E-state index >= 15 is 0 Å². The first-order valence-corrected chi connectivity index (χ1v) is 9.08. The zero-order chi connectivity index (χ0) is 15.2. The predicted octanol–water partition coefficient (Wildman–Crippen LogP) is 5.81. The van der Waals surface area contributed by atoms with Gasteiger partial charge in [0.1, 0.15) is 0 Å². The van der Waals surface area contributed by atoms with E-state index in [1.54, 1.807) is 0 Å². The molecule has 0 aliphatic rings. The average molecular weight is 482 g/mol. The van der Waals surface area contributed by atoms with Gasteiger partial charge >= 0.3 is 17.1 Å². The molecule has 0 spiro atoms. The molecule has 0 amide bonds. The topological polar surface area (TPSA) is 17.1 Å². The first-order valence-electron chi connectivity index (χ1n) is 6.35. The summed E-state index contributed by atoms with van der Waals surface area (Å²) in [4.78, 5) is 1.73. The molecular formula is C17H14Br2FeOS. The van der Waals surface area contributed by atoms with Crippen molar-refractivity contribution in [2.24, 2.45) is 0 Å². The Morgan fingerprint density at radius 3 is 1.95 bits per heavy atom. The van der Waals surface area contributed by atoms with Gasteiger partial charge in [0.05, 0.1) is 0 Å². The van der Waals surface area contributed by atoms with E-state index in [1.807, 2.05) is 73.7 Å². The summed E-state index contributed by atoms with van der Waals surface area (Å²) in [5.74, 6) is 0. The van der Waals surface area contributed by atoms with Gasteiger partial charge in [0.15, 0.2) is 0 Å². The van der Waals surface area contributed by atoms with Gasteiger partial charge in [-0.1, -0.05) is 47.5 Å². The summed E-state index contributed by atoms with van der Waals surface area (Å²) in [5, 5.41) is 0. The van der Waals surface area contributed by atoms with E-state index in [1.165, 1.54) is 5.56 Å². The molecular weight excluding hydrogens is 468 g/mol. The van der Waals surface area contributed by atoms with Crippen molar-refractivity contribution in [2.45, 2.75) is 16.7 Å². The summed E-state index contributed by atoms with van der Waals surface area (Å²) in [5.41, 5.74) is 1.19. The van der Waals surface area contributed by atoms with Gasteiger partial charge in [-0.3, -0.25) is 4.21 Å². The second-order valence-electron chi connectivity index (χ2n) is 4.42. The maximum Gasteiger partial charge on any atom is 2.00 e. The maximum atomic E-state index is 11.9. The summed E-state index contributed by atoms with van der Waals surface area (Å²) in [6, 6.07) is 21.3. The van der Waals surface area contributed by atoms with Crippen LogP contribution in [0.1, 0.15) is 5.56 Å². The molecule has 1 nitrogen and oxygen atoms in total. The van der Waals surface area contributed by atoms with E-state index in [4.69, 9.17) is 0 Å². The van der Waals surface area contributed by atoms with Crippen LogP contribution in [0.2, 0.25) is 0 Å². The molecule has 0 N–H and O–H groups in total. The van der Waals surface area contributed by atoms with Gasteiger partial charge in [-0.05, 0) is 19.1 Å². The first-order chi connectivity index (χ1) is 10.1. The van der Waals surface area contributed by atoms with E-state index in [0.29, 0.717) is 0 Å². The Morgan fingerprint density at radius 1 is 0.955 bits per heavy atom. The van der Waals surface area contributed by atoms with Crippen LogP contribution < -0.4 is 0 Å². The first kappa shape index (κ1) is 19.6. The normalized spacial score (nSPS) is 11.0. The quantitative estimate of drug-likeness (QED) is 0.333. The minimum Gasteiger partial charge on any atom is -0.263 e. The molecule has 3 aromatic carbocycles. The van der Waals surface area contributed by atoms with Crippen LogP contribution >= 0.6 is 31.9 Å². The number of hydrogen-bond acceptors (Lipinski definition) is 1. The van der Waals surface area contributed by atoms with Crippen molar-refractivity contribution >= 4 is 42.7 Å². The molecule has 0 bridgehead atoms. The fourth-order valence-electron chi connectivity index (χ4n) is 1.65. The van der Waals surface area contributed by atoms with Gasteiger partial charge in [0, 0.05) is 15.7 Å². The molecule has 0 radical (unpaired) electrons. The SMILES string of the molecule is Brc1ccc[c-]1Br.Cc1ccc(S(=O)[c-]2cccc2)cc1.[Fe+2]. The van der Waals surface area contributed by atoms with E-state index in [0.717, 1.165) is 18.7 Å². The van der Waals surface area contributed by atoms with Crippen LogP contribution in [0.4, 0.5) is 0 Å². The number of hydrogen-bond donors (Lipinski definition) is 0. The summed E-state index contributed by atoms with van der Waals surface area (Å²) in [7, 11) is -1.02. The van der Waals surface area contributed by atoms with Crippen LogP contribution in [-0.4, -0.2) is 4.21 Å². The van der Waals surface area contributed by atoms with Gasteiger partial charge in [-0.15, -0.1) is 15.9 Å². The van der Waals surface area contributed by atoms with E-state index in [-0.39, 0.29) is 17.1 Å². The van der Waals surface area contributed by atoms with Crippen molar-refractivity contribution in [3.8, 4) is 0 Å². The molecule has 5 heteroatoms. The smallest absolute Gasteiger partial charge is 0.263 e. The van der Waals surface area contributed by atoms with Crippen LogP contribution in [-0.2, 0) is 27.9 Å². The van der Waals surface area contributed by atoms with Crippen molar-refractivity contribution in [3.63, 3.8) is 0 Å². The molecule has 1 atom stereocenters. The molecule has 22 heavy (non-hydrogen) atoms. The van der Waals surface area contributed by atoms with Gasteiger partial charge in [-0.25, -0.2) is 18.2 Å². The molecule has 116 valence electrons. The summed E-state index contributed by atoms with van der Waals surface area (Å²) >= 11 is 6.64. The van der Waals surface area contributed by atoms with Crippen molar-refractivity contribution in [3.05, 3.63) is 81.2 Å². The van der Waals surface area contributed by atoms with E-state index in [9.17, 15) is 4.21 Å². The average Bonchev–Trinajstić information content (AvgIpc) is 3.13. The molecule has 0 aliphatic carbocycles. The Hall–Kier alpha value is -0.451. The Balaban J connectivity index is 0.000000258. The second kappa shape index (κ2) is 9.64. The van der Waals surface area contributed by atoms with Gasteiger partial charge in [0.25, 0.3) is 0 Å². The number of halogens is 2. The van der Waals surface area contributed by atoms with Crippen LogP contribution in [0.15, 0.2) is 85.5 Å². The zero-order valence-electron chi connectivity index (χ0n) is 11.8. The Labute approximate surface area is 161 Å². The minimum absolute atomic E-state index is 0. The fourth-order valence-corrected chi connectivity index (χ4v) is 3.28. The van der Waals surface area contributed by atoms with Gasteiger partial charge < -0.3 is 0 Å². The number of aryl methyl sites for hydroxylation is 1. The molecule has 0 saturated heterocycles. The van der Waals surface area contributed by atoms with E-state index in [2.05, 4.69) is 31.9 Å². The Bertz CT molecular complexity index is 686. The molecule has 3 aromatic rings. The third-order valence-corrected chi connectivity index (χ3v) is 6.11. The zero-order valence-corrected chi connectivity index (χ0v) is 16.9. The van der Waals surface area contributed by atoms with Crippen LogP contribution in [0.5, 0.6) is 0 Å². The Kier molecular flexibility index (Phi) is 8.58.